The van der Waals surface area contributed by atoms with E-state index in [0.29, 0.717) is 42.0 Å². The number of unbranched alkanes of at least 4 members (excludes halogenated alkanes) is 1. The Kier molecular flexibility index (Phi) is 9.85. The highest BCUT2D eigenvalue weighted by molar-refractivity contribution is 6.42. The summed E-state index contributed by atoms with van der Waals surface area (Å²) in [5.74, 6) is 0.423. The lowest BCUT2D eigenvalue weighted by Crippen LogP contribution is -2.38. The first-order valence-electron chi connectivity index (χ1n) is 11.5. The Hall–Kier alpha value is -1.60. The van der Waals surface area contributed by atoms with Crippen LogP contribution in [-0.4, -0.2) is 84.0 Å². The third kappa shape index (κ3) is 7.48. The molecule has 2 fully saturated rings. The third-order valence-corrected chi connectivity index (χ3v) is 7.01. The minimum absolute atomic E-state index is 0.103. The van der Waals surface area contributed by atoms with Crippen molar-refractivity contribution in [1.82, 2.24) is 14.7 Å². The van der Waals surface area contributed by atoms with Crippen molar-refractivity contribution in [3.63, 3.8) is 0 Å². The summed E-state index contributed by atoms with van der Waals surface area (Å²) >= 11 is 12.0. The first-order valence-corrected chi connectivity index (χ1v) is 12.2. The van der Waals surface area contributed by atoms with E-state index < -0.39 is 0 Å². The van der Waals surface area contributed by atoms with Gasteiger partial charge in [0, 0.05) is 51.8 Å². The molecule has 2 aliphatic heterocycles. The van der Waals surface area contributed by atoms with Gasteiger partial charge in [-0.3, -0.25) is 9.59 Å². The fraction of sp³-hybridized carbons (Fsp3) is 0.583. The molecule has 1 unspecified atom stereocenters. The molecule has 0 aromatic heterocycles. The number of likely N-dealkylation sites (tertiary alicyclic amines) is 1. The SMILES string of the molecule is O=C(C=Cc1ccc(Cl)c(Cl)c1)N1CCC(=O)N(CCCCN2CCCC(CO)C2)CC1. The van der Waals surface area contributed by atoms with Crippen molar-refractivity contribution in [3.8, 4) is 0 Å². The van der Waals surface area contributed by atoms with E-state index >= 15 is 0 Å². The smallest absolute Gasteiger partial charge is 0.246 e. The number of aliphatic hydroxyl groups is 1. The zero-order valence-corrected chi connectivity index (χ0v) is 20.0. The molecule has 0 radical (unpaired) electrons. The van der Waals surface area contributed by atoms with E-state index in [1.807, 2.05) is 4.90 Å². The number of carbonyl (C=O) groups excluding carboxylic acids is 2. The molecule has 0 spiro atoms. The lowest BCUT2D eigenvalue weighted by molar-refractivity contribution is -0.130. The van der Waals surface area contributed by atoms with Crippen LogP contribution in [0.2, 0.25) is 10.0 Å². The number of halogens is 2. The Balaban J connectivity index is 1.41. The van der Waals surface area contributed by atoms with Crippen molar-refractivity contribution in [1.29, 1.82) is 0 Å². The predicted molar refractivity (Wildman–Crippen MR) is 129 cm³/mol. The molecular weight excluding hydrogens is 449 g/mol. The molecule has 2 saturated heterocycles. The second-order valence-corrected chi connectivity index (χ2v) is 9.48. The Morgan fingerprint density at radius 3 is 2.69 bits per heavy atom. The number of rotatable bonds is 8. The van der Waals surface area contributed by atoms with Gasteiger partial charge >= 0.3 is 0 Å². The van der Waals surface area contributed by atoms with E-state index in [9.17, 15) is 14.7 Å². The number of carbonyl (C=O) groups is 2. The summed E-state index contributed by atoms with van der Waals surface area (Å²) in [7, 11) is 0. The van der Waals surface area contributed by atoms with Crippen molar-refractivity contribution in [3.05, 3.63) is 39.9 Å². The van der Waals surface area contributed by atoms with Gasteiger partial charge in [0.05, 0.1) is 10.0 Å². The zero-order chi connectivity index (χ0) is 22.9. The minimum atomic E-state index is -0.103. The number of piperidine rings is 1. The standard InChI is InChI=1S/C24H33Cl2N3O3/c25-21-7-5-19(16-22(21)26)6-8-23(31)29-13-9-24(32)28(14-15-29)12-2-1-10-27-11-3-4-20(17-27)18-30/h5-8,16,20,30H,1-4,9-15,17-18H2. The molecule has 3 rings (SSSR count). The predicted octanol–water partition coefficient (Wildman–Crippen LogP) is 3.55. The molecule has 1 aromatic carbocycles. The van der Waals surface area contributed by atoms with Crippen LogP contribution in [-0.2, 0) is 9.59 Å². The molecule has 1 aromatic rings. The highest BCUT2D eigenvalue weighted by Crippen LogP contribution is 2.23. The summed E-state index contributed by atoms with van der Waals surface area (Å²) in [5, 5.41) is 10.3. The largest absolute Gasteiger partial charge is 0.396 e. The molecule has 2 amide bonds. The first kappa shape index (κ1) is 25.0. The monoisotopic (exact) mass is 481 g/mol. The van der Waals surface area contributed by atoms with Crippen LogP contribution >= 0.6 is 23.2 Å². The van der Waals surface area contributed by atoms with Crippen molar-refractivity contribution in [2.75, 3.05) is 52.4 Å². The molecule has 0 bridgehead atoms. The van der Waals surface area contributed by atoms with E-state index in [0.717, 1.165) is 57.4 Å². The van der Waals surface area contributed by atoms with Crippen molar-refractivity contribution < 1.29 is 14.7 Å². The van der Waals surface area contributed by atoms with Crippen LogP contribution in [0.15, 0.2) is 24.3 Å². The second kappa shape index (κ2) is 12.6. The molecule has 1 N–H and O–H groups in total. The van der Waals surface area contributed by atoms with Gasteiger partial charge in [-0.15, -0.1) is 0 Å². The second-order valence-electron chi connectivity index (χ2n) is 8.66. The number of aliphatic hydroxyl groups excluding tert-OH is 1. The normalized spacial score (nSPS) is 20.7. The number of amides is 2. The summed E-state index contributed by atoms with van der Waals surface area (Å²) < 4.78 is 0. The maximum absolute atomic E-state index is 12.6. The van der Waals surface area contributed by atoms with Gasteiger partial charge in [-0.2, -0.15) is 0 Å². The number of nitrogens with zero attached hydrogens (tertiary/aromatic N) is 3. The van der Waals surface area contributed by atoms with Gasteiger partial charge in [-0.05, 0) is 68.5 Å². The number of hydrogen-bond acceptors (Lipinski definition) is 4. The van der Waals surface area contributed by atoms with E-state index in [1.165, 1.54) is 6.08 Å². The van der Waals surface area contributed by atoms with Gasteiger partial charge in [-0.1, -0.05) is 29.3 Å². The Morgan fingerprint density at radius 1 is 1.09 bits per heavy atom. The summed E-state index contributed by atoms with van der Waals surface area (Å²) in [5.41, 5.74) is 0.805. The van der Waals surface area contributed by atoms with Gasteiger partial charge < -0.3 is 19.8 Å². The van der Waals surface area contributed by atoms with Crippen molar-refractivity contribution >= 4 is 41.1 Å². The summed E-state index contributed by atoms with van der Waals surface area (Å²) in [6, 6.07) is 5.22. The number of benzene rings is 1. The lowest BCUT2D eigenvalue weighted by Gasteiger charge is -2.32. The van der Waals surface area contributed by atoms with Crippen LogP contribution < -0.4 is 0 Å². The fourth-order valence-corrected chi connectivity index (χ4v) is 4.66. The van der Waals surface area contributed by atoms with Gasteiger partial charge in [0.25, 0.3) is 0 Å². The van der Waals surface area contributed by atoms with Gasteiger partial charge in [0.2, 0.25) is 11.8 Å². The molecule has 8 heteroatoms. The average molecular weight is 482 g/mol. The Labute approximate surface area is 200 Å². The van der Waals surface area contributed by atoms with E-state index in [4.69, 9.17) is 23.2 Å². The van der Waals surface area contributed by atoms with Crippen LogP contribution in [0.1, 0.15) is 37.7 Å². The van der Waals surface area contributed by atoms with E-state index in [2.05, 4.69) is 4.90 Å². The quantitative estimate of drug-likeness (QED) is 0.455. The van der Waals surface area contributed by atoms with Crippen LogP contribution in [0, 0.1) is 5.92 Å². The van der Waals surface area contributed by atoms with Gasteiger partial charge in [-0.25, -0.2) is 0 Å². The molecule has 0 aliphatic carbocycles. The van der Waals surface area contributed by atoms with Crippen molar-refractivity contribution in [2.45, 2.75) is 32.1 Å². The zero-order valence-electron chi connectivity index (χ0n) is 18.5. The topological polar surface area (TPSA) is 64.1 Å². The third-order valence-electron chi connectivity index (χ3n) is 6.28. The van der Waals surface area contributed by atoms with Crippen molar-refractivity contribution in [2.24, 2.45) is 5.92 Å². The number of hydrogen-bond donors (Lipinski definition) is 1. The van der Waals surface area contributed by atoms with Crippen LogP contribution in [0.5, 0.6) is 0 Å². The molecule has 1 atom stereocenters. The van der Waals surface area contributed by atoms with Crippen LogP contribution in [0.25, 0.3) is 6.08 Å². The lowest BCUT2D eigenvalue weighted by atomic mass is 9.99. The molecule has 6 nitrogen and oxygen atoms in total. The van der Waals surface area contributed by atoms with Crippen LogP contribution in [0.3, 0.4) is 0 Å². The van der Waals surface area contributed by atoms with Crippen LogP contribution in [0.4, 0.5) is 0 Å². The molecular formula is C24H33Cl2N3O3. The fourth-order valence-electron chi connectivity index (χ4n) is 4.35. The highest BCUT2D eigenvalue weighted by Gasteiger charge is 2.23. The summed E-state index contributed by atoms with van der Waals surface area (Å²) in [6.45, 7) is 5.66. The highest BCUT2D eigenvalue weighted by atomic mass is 35.5. The van der Waals surface area contributed by atoms with E-state index in [1.54, 1.807) is 29.2 Å². The Bertz CT molecular complexity index is 818. The molecule has 176 valence electrons. The maximum Gasteiger partial charge on any atom is 0.246 e. The first-order chi connectivity index (χ1) is 15.5. The molecule has 2 heterocycles. The molecule has 0 saturated carbocycles. The molecule has 32 heavy (non-hydrogen) atoms. The summed E-state index contributed by atoms with van der Waals surface area (Å²) in [4.78, 5) is 31.2. The minimum Gasteiger partial charge on any atom is -0.396 e. The summed E-state index contributed by atoms with van der Waals surface area (Å²) in [6.07, 6.45) is 7.87. The average Bonchev–Trinajstić information content (AvgIpc) is 2.99. The Morgan fingerprint density at radius 2 is 1.91 bits per heavy atom. The van der Waals surface area contributed by atoms with Gasteiger partial charge in [0.1, 0.15) is 0 Å². The van der Waals surface area contributed by atoms with E-state index in [-0.39, 0.29) is 18.4 Å². The molecule has 2 aliphatic rings. The maximum atomic E-state index is 12.6. The van der Waals surface area contributed by atoms with Gasteiger partial charge in [0.15, 0.2) is 0 Å².